The lowest BCUT2D eigenvalue weighted by atomic mass is 10.2. The van der Waals surface area contributed by atoms with Crippen LogP contribution in [0.5, 0.6) is 0 Å². The van der Waals surface area contributed by atoms with Gasteiger partial charge in [-0.05, 0) is 25.3 Å². The highest BCUT2D eigenvalue weighted by atomic mass is 32.2. The van der Waals surface area contributed by atoms with E-state index in [1.165, 1.54) is 11.8 Å². The van der Waals surface area contributed by atoms with Crippen LogP contribution in [0.4, 0.5) is 0 Å². The summed E-state index contributed by atoms with van der Waals surface area (Å²) in [4.78, 5) is 6.75. The van der Waals surface area contributed by atoms with Crippen LogP contribution in [0.1, 0.15) is 25.3 Å². The molecule has 24 heavy (non-hydrogen) atoms. The van der Waals surface area contributed by atoms with Crippen molar-refractivity contribution in [1.29, 1.82) is 0 Å². The van der Waals surface area contributed by atoms with Gasteiger partial charge in [-0.1, -0.05) is 30.3 Å². The molecule has 2 rings (SSSR count). The van der Waals surface area contributed by atoms with Crippen molar-refractivity contribution in [3.05, 3.63) is 35.9 Å². The highest BCUT2D eigenvalue weighted by molar-refractivity contribution is 7.88. The van der Waals surface area contributed by atoms with E-state index in [1.54, 1.807) is 4.31 Å². The normalized spacial score (nSPS) is 19.5. The van der Waals surface area contributed by atoms with Gasteiger partial charge in [-0.25, -0.2) is 8.42 Å². The van der Waals surface area contributed by atoms with Gasteiger partial charge in [0.2, 0.25) is 10.0 Å². The zero-order valence-corrected chi connectivity index (χ0v) is 15.6. The Morgan fingerprint density at radius 3 is 2.71 bits per heavy atom. The Morgan fingerprint density at radius 2 is 2.08 bits per heavy atom. The Hall–Kier alpha value is -1.60. The lowest BCUT2D eigenvalue weighted by Crippen LogP contribution is -2.41. The molecular weight excluding hydrogens is 324 g/mol. The molecule has 1 fully saturated rings. The molecule has 7 heteroatoms. The molecule has 1 heterocycles. The molecule has 0 aromatic heterocycles. The second-order valence-corrected chi connectivity index (χ2v) is 8.14. The Bertz CT molecular complexity index is 646. The SMILES string of the molecule is CCNC(=NC[C@H]1CCCN1S(C)(=O)=O)N(C)Cc1ccccc1. The topological polar surface area (TPSA) is 65.0 Å². The Kier molecular flexibility index (Phi) is 6.62. The summed E-state index contributed by atoms with van der Waals surface area (Å²) in [6, 6.07) is 10.2. The Morgan fingerprint density at radius 1 is 1.38 bits per heavy atom. The van der Waals surface area contributed by atoms with Gasteiger partial charge in [0.15, 0.2) is 5.96 Å². The molecule has 1 aromatic rings. The minimum atomic E-state index is -3.15. The molecule has 1 saturated heterocycles. The van der Waals surface area contributed by atoms with Gasteiger partial charge in [-0.15, -0.1) is 0 Å². The van der Waals surface area contributed by atoms with Crippen LogP contribution >= 0.6 is 0 Å². The fourth-order valence-corrected chi connectivity index (χ4v) is 4.20. The number of guanidine groups is 1. The number of hydrogen-bond acceptors (Lipinski definition) is 3. The smallest absolute Gasteiger partial charge is 0.211 e. The monoisotopic (exact) mass is 352 g/mol. The minimum Gasteiger partial charge on any atom is -0.357 e. The first kappa shape index (κ1) is 18.7. The molecule has 0 unspecified atom stereocenters. The third kappa shape index (κ3) is 5.21. The number of rotatable bonds is 6. The highest BCUT2D eigenvalue weighted by Gasteiger charge is 2.31. The molecule has 0 saturated carbocycles. The fourth-order valence-electron chi connectivity index (χ4n) is 3.02. The Balaban J connectivity index is 2.04. The van der Waals surface area contributed by atoms with Gasteiger partial charge in [-0.2, -0.15) is 4.31 Å². The molecule has 1 N–H and O–H groups in total. The maximum atomic E-state index is 11.8. The van der Waals surface area contributed by atoms with E-state index in [0.29, 0.717) is 13.1 Å². The van der Waals surface area contributed by atoms with Crippen LogP contribution in [0, 0.1) is 0 Å². The second-order valence-electron chi connectivity index (χ2n) is 6.21. The predicted molar refractivity (Wildman–Crippen MR) is 98.5 cm³/mol. The first-order valence-electron chi connectivity index (χ1n) is 8.42. The molecule has 134 valence electrons. The number of aliphatic imine (C=N–C) groups is 1. The van der Waals surface area contributed by atoms with Crippen molar-refractivity contribution in [1.82, 2.24) is 14.5 Å². The molecule has 0 bridgehead atoms. The van der Waals surface area contributed by atoms with E-state index in [-0.39, 0.29) is 6.04 Å². The average Bonchev–Trinajstić information content (AvgIpc) is 3.01. The summed E-state index contributed by atoms with van der Waals surface area (Å²) >= 11 is 0. The van der Waals surface area contributed by atoms with Gasteiger partial charge in [0.05, 0.1) is 12.8 Å². The van der Waals surface area contributed by atoms with Gasteiger partial charge >= 0.3 is 0 Å². The first-order chi connectivity index (χ1) is 11.4. The van der Waals surface area contributed by atoms with Gasteiger partial charge in [0, 0.05) is 32.7 Å². The molecule has 1 aromatic carbocycles. The van der Waals surface area contributed by atoms with Gasteiger partial charge in [0.1, 0.15) is 0 Å². The minimum absolute atomic E-state index is 0.0289. The van der Waals surface area contributed by atoms with E-state index in [2.05, 4.69) is 27.3 Å². The lowest BCUT2D eigenvalue weighted by molar-refractivity contribution is 0.393. The number of hydrogen-bond donors (Lipinski definition) is 1. The molecule has 6 nitrogen and oxygen atoms in total. The van der Waals surface area contributed by atoms with E-state index in [1.807, 2.05) is 32.2 Å². The van der Waals surface area contributed by atoms with Crippen molar-refractivity contribution < 1.29 is 8.42 Å². The fraction of sp³-hybridized carbons (Fsp3) is 0.588. The van der Waals surface area contributed by atoms with Crippen LogP contribution in [0.25, 0.3) is 0 Å². The summed E-state index contributed by atoms with van der Waals surface area (Å²) in [5, 5.41) is 3.29. The van der Waals surface area contributed by atoms with Crippen LogP contribution in [-0.4, -0.2) is 62.6 Å². The van der Waals surface area contributed by atoms with Crippen LogP contribution in [0.15, 0.2) is 35.3 Å². The maximum absolute atomic E-state index is 11.8. The van der Waals surface area contributed by atoms with Gasteiger partial charge < -0.3 is 10.2 Å². The molecule has 0 radical (unpaired) electrons. The third-order valence-corrected chi connectivity index (χ3v) is 5.49. The summed E-state index contributed by atoms with van der Waals surface area (Å²) in [5.74, 6) is 0.807. The van der Waals surface area contributed by atoms with E-state index >= 15 is 0 Å². The molecule has 1 atom stereocenters. The van der Waals surface area contributed by atoms with Crippen molar-refractivity contribution in [2.75, 3.05) is 32.9 Å². The number of nitrogens with one attached hydrogen (secondary N) is 1. The van der Waals surface area contributed by atoms with Crippen molar-refractivity contribution in [2.24, 2.45) is 4.99 Å². The molecule has 1 aliphatic rings. The lowest BCUT2D eigenvalue weighted by Gasteiger charge is -2.24. The largest absolute Gasteiger partial charge is 0.357 e. The highest BCUT2D eigenvalue weighted by Crippen LogP contribution is 2.20. The molecule has 0 spiro atoms. The number of nitrogens with zero attached hydrogens (tertiary/aromatic N) is 3. The van der Waals surface area contributed by atoms with Crippen molar-refractivity contribution >= 4 is 16.0 Å². The molecule has 0 aliphatic carbocycles. The van der Waals surface area contributed by atoms with Gasteiger partial charge in [-0.3, -0.25) is 4.99 Å². The van der Waals surface area contributed by atoms with E-state index in [4.69, 9.17) is 0 Å². The van der Waals surface area contributed by atoms with Crippen LogP contribution < -0.4 is 5.32 Å². The predicted octanol–water partition coefficient (Wildman–Crippen LogP) is 1.51. The molecular formula is C17H28N4O2S. The summed E-state index contributed by atoms with van der Waals surface area (Å²) in [6.07, 6.45) is 3.06. The van der Waals surface area contributed by atoms with E-state index < -0.39 is 10.0 Å². The summed E-state index contributed by atoms with van der Waals surface area (Å²) < 4.78 is 25.3. The zero-order valence-electron chi connectivity index (χ0n) is 14.8. The molecule has 0 amide bonds. The van der Waals surface area contributed by atoms with Gasteiger partial charge in [0.25, 0.3) is 0 Å². The summed E-state index contributed by atoms with van der Waals surface area (Å²) in [7, 11) is -1.15. The Labute approximate surface area is 145 Å². The summed E-state index contributed by atoms with van der Waals surface area (Å²) in [5.41, 5.74) is 1.21. The quantitative estimate of drug-likeness (QED) is 0.623. The molecule has 1 aliphatic heterocycles. The van der Waals surface area contributed by atoms with Crippen LogP contribution in [-0.2, 0) is 16.6 Å². The standard InChI is InChI=1S/C17H28N4O2S/c1-4-18-17(20(2)14-15-9-6-5-7-10-15)19-13-16-11-8-12-21(16)24(3,22)23/h5-7,9-10,16H,4,8,11-14H2,1-3H3,(H,18,19)/t16-/m1/s1. The van der Waals surface area contributed by atoms with Crippen molar-refractivity contribution in [3.63, 3.8) is 0 Å². The van der Waals surface area contributed by atoms with Crippen LogP contribution in [0.2, 0.25) is 0 Å². The van der Waals surface area contributed by atoms with Crippen molar-refractivity contribution in [2.45, 2.75) is 32.4 Å². The van der Waals surface area contributed by atoms with E-state index in [0.717, 1.165) is 31.9 Å². The van der Waals surface area contributed by atoms with Crippen molar-refractivity contribution in [3.8, 4) is 0 Å². The zero-order chi connectivity index (χ0) is 17.6. The second kappa shape index (κ2) is 8.48. The van der Waals surface area contributed by atoms with E-state index in [9.17, 15) is 8.42 Å². The maximum Gasteiger partial charge on any atom is 0.211 e. The summed E-state index contributed by atoms with van der Waals surface area (Å²) in [6.45, 7) is 4.67. The van der Waals surface area contributed by atoms with Crippen LogP contribution in [0.3, 0.4) is 0 Å². The number of benzene rings is 1. The number of sulfonamides is 1. The first-order valence-corrected chi connectivity index (χ1v) is 10.3. The average molecular weight is 353 g/mol. The third-order valence-electron chi connectivity index (χ3n) is 4.16.